The summed E-state index contributed by atoms with van der Waals surface area (Å²) in [6, 6.07) is 11.9. The van der Waals surface area contributed by atoms with Crippen molar-refractivity contribution in [3.05, 3.63) is 51.9 Å². The van der Waals surface area contributed by atoms with E-state index in [-0.39, 0.29) is 12.1 Å². The molecule has 1 saturated heterocycles. The second-order valence-electron chi connectivity index (χ2n) is 6.16. The topological polar surface area (TPSA) is 71.2 Å². The Bertz CT molecular complexity index is 1010. The molecule has 0 bridgehead atoms. The van der Waals surface area contributed by atoms with Crippen LogP contribution in [-0.2, 0) is 17.8 Å². The van der Waals surface area contributed by atoms with Crippen molar-refractivity contribution in [2.75, 3.05) is 26.3 Å². The van der Waals surface area contributed by atoms with Crippen molar-refractivity contribution >= 4 is 21.6 Å². The van der Waals surface area contributed by atoms with Crippen molar-refractivity contribution in [3.8, 4) is 17.2 Å². The predicted molar refractivity (Wildman–Crippen MR) is 101 cm³/mol. The van der Waals surface area contributed by atoms with Gasteiger partial charge in [-0.3, -0.25) is 14.3 Å². The Morgan fingerprint density at radius 1 is 1.23 bits per heavy atom. The van der Waals surface area contributed by atoms with Crippen LogP contribution in [0.2, 0.25) is 0 Å². The quantitative estimate of drug-likeness (QED) is 0.709. The summed E-state index contributed by atoms with van der Waals surface area (Å²) in [5.41, 5.74) is 1.73. The zero-order valence-corrected chi connectivity index (χ0v) is 15.0. The summed E-state index contributed by atoms with van der Waals surface area (Å²) in [5.74, 6) is 0.646. The molecule has 1 aromatic carbocycles. The van der Waals surface area contributed by atoms with E-state index >= 15 is 0 Å². The minimum atomic E-state index is -0.139. The lowest BCUT2D eigenvalue weighted by Gasteiger charge is -2.26. The molecule has 26 heavy (non-hydrogen) atoms. The molecule has 6 nitrogen and oxygen atoms in total. The van der Waals surface area contributed by atoms with Crippen LogP contribution >= 0.6 is 11.3 Å². The highest BCUT2D eigenvalue weighted by molar-refractivity contribution is 7.17. The van der Waals surface area contributed by atoms with Gasteiger partial charge in [0.05, 0.1) is 31.2 Å². The molecule has 3 aromatic rings. The Labute approximate surface area is 154 Å². The van der Waals surface area contributed by atoms with Crippen molar-refractivity contribution in [2.45, 2.75) is 13.1 Å². The molecule has 0 amide bonds. The number of benzene rings is 1. The highest BCUT2D eigenvalue weighted by Crippen LogP contribution is 2.31. The molecular weight excluding hydrogens is 348 g/mol. The smallest absolute Gasteiger partial charge is 0.263 e. The number of morpholine rings is 1. The molecule has 0 N–H and O–H groups in total. The zero-order valence-electron chi connectivity index (χ0n) is 14.2. The maximum atomic E-state index is 13.2. The van der Waals surface area contributed by atoms with Gasteiger partial charge in [0.15, 0.2) is 0 Å². The molecule has 1 aliphatic rings. The van der Waals surface area contributed by atoms with Crippen LogP contribution in [0.4, 0.5) is 0 Å². The first-order valence-electron chi connectivity index (χ1n) is 8.51. The number of thiophene rings is 1. The molecule has 0 aliphatic carbocycles. The van der Waals surface area contributed by atoms with Gasteiger partial charge in [-0.2, -0.15) is 5.26 Å². The lowest BCUT2D eigenvalue weighted by molar-refractivity contribution is 0.0325. The molecule has 132 valence electrons. The molecule has 1 fully saturated rings. The van der Waals surface area contributed by atoms with E-state index < -0.39 is 0 Å². The summed E-state index contributed by atoms with van der Waals surface area (Å²) in [6.45, 7) is 3.53. The number of hydrogen-bond donors (Lipinski definition) is 0. The largest absolute Gasteiger partial charge is 0.379 e. The van der Waals surface area contributed by atoms with Crippen LogP contribution in [0, 0.1) is 11.3 Å². The number of nitriles is 1. The summed E-state index contributed by atoms with van der Waals surface area (Å²) in [5, 5.41) is 11.8. The molecule has 4 rings (SSSR count). The lowest BCUT2D eigenvalue weighted by Crippen LogP contribution is -2.38. The Morgan fingerprint density at radius 3 is 2.73 bits per heavy atom. The van der Waals surface area contributed by atoms with Gasteiger partial charge in [-0.25, -0.2) is 4.98 Å². The third-order valence-corrected chi connectivity index (χ3v) is 5.43. The van der Waals surface area contributed by atoms with E-state index in [4.69, 9.17) is 9.72 Å². The summed E-state index contributed by atoms with van der Waals surface area (Å²) < 4.78 is 6.89. The van der Waals surface area contributed by atoms with Crippen LogP contribution < -0.4 is 5.56 Å². The predicted octanol–water partition coefficient (Wildman–Crippen LogP) is 2.48. The second kappa shape index (κ2) is 7.38. The van der Waals surface area contributed by atoms with E-state index in [1.807, 2.05) is 35.7 Å². The normalized spacial score (nSPS) is 15.2. The van der Waals surface area contributed by atoms with Gasteiger partial charge in [-0.15, -0.1) is 11.3 Å². The van der Waals surface area contributed by atoms with Crippen molar-refractivity contribution in [1.29, 1.82) is 5.26 Å². The van der Waals surface area contributed by atoms with E-state index in [1.165, 1.54) is 15.9 Å². The maximum absolute atomic E-state index is 13.2. The van der Waals surface area contributed by atoms with Gasteiger partial charge >= 0.3 is 0 Å². The number of ether oxygens (including phenoxy) is 1. The molecular formula is C19H18N4O2S. The first-order chi connectivity index (χ1) is 12.8. The highest BCUT2D eigenvalue weighted by Gasteiger charge is 2.19. The van der Waals surface area contributed by atoms with Gasteiger partial charge in [0.2, 0.25) is 0 Å². The van der Waals surface area contributed by atoms with Gasteiger partial charge in [0.25, 0.3) is 5.56 Å². The monoisotopic (exact) mass is 366 g/mol. The molecule has 0 atom stereocenters. The van der Waals surface area contributed by atoms with Gasteiger partial charge < -0.3 is 4.74 Å². The number of hydrogen-bond acceptors (Lipinski definition) is 6. The van der Waals surface area contributed by atoms with Gasteiger partial charge in [-0.1, -0.05) is 30.3 Å². The minimum absolute atomic E-state index is 0.00548. The third-order valence-electron chi connectivity index (χ3n) is 4.56. The van der Waals surface area contributed by atoms with Crippen molar-refractivity contribution in [3.63, 3.8) is 0 Å². The molecule has 0 radical (unpaired) electrons. The average molecular weight is 366 g/mol. The minimum Gasteiger partial charge on any atom is -0.379 e. The van der Waals surface area contributed by atoms with E-state index in [9.17, 15) is 10.1 Å². The van der Waals surface area contributed by atoms with Crippen LogP contribution in [-0.4, -0.2) is 40.8 Å². The van der Waals surface area contributed by atoms with Gasteiger partial charge in [-0.05, 0) is 5.56 Å². The Morgan fingerprint density at radius 2 is 2.00 bits per heavy atom. The molecule has 1 aliphatic heterocycles. The van der Waals surface area contributed by atoms with E-state index in [1.54, 1.807) is 0 Å². The summed E-state index contributed by atoms with van der Waals surface area (Å²) in [4.78, 5) is 20.8. The maximum Gasteiger partial charge on any atom is 0.263 e. The first kappa shape index (κ1) is 16.9. The fourth-order valence-corrected chi connectivity index (χ4v) is 4.17. The van der Waals surface area contributed by atoms with Crippen molar-refractivity contribution < 1.29 is 4.74 Å². The first-order valence-corrected chi connectivity index (χ1v) is 9.39. The SMILES string of the molecule is N#CCn1c(CN2CCOCC2)nc2scc(-c3ccccc3)c2c1=O. The van der Waals surface area contributed by atoms with E-state index in [0.29, 0.717) is 31.0 Å². The molecule has 3 heterocycles. The van der Waals surface area contributed by atoms with Crippen molar-refractivity contribution in [1.82, 2.24) is 14.5 Å². The zero-order chi connectivity index (χ0) is 17.9. The average Bonchev–Trinajstić information content (AvgIpc) is 3.10. The van der Waals surface area contributed by atoms with Crippen LogP contribution in [0.25, 0.3) is 21.3 Å². The summed E-state index contributed by atoms with van der Waals surface area (Å²) in [7, 11) is 0. The fourth-order valence-electron chi connectivity index (χ4n) is 3.21. The third kappa shape index (κ3) is 3.15. The van der Waals surface area contributed by atoms with Crippen LogP contribution in [0.15, 0.2) is 40.5 Å². The van der Waals surface area contributed by atoms with Gasteiger partial charge in [0.1, 0.15) is 17.2 Å². The van der Waals surface area contributed by atoms with Crippen molar-refractivity contribution in [2.24, 2.45) is 0 Å². The van der Waals surface area contributed by atoms with Crippen LogP contribution in [0.5, 0.6) is 0 Å². The Balaban J connectivity index is 1.83. The standard InChI is InChI=1S/C19H18N4O2S/c20-6-7-23-16(12-22-8-10-25-11-9-22)21-18-17(19(23)24)15(13-26-18)14-4-2-1-3-5-14/h1-5,13H,7-12H2. The van der Waals surface area contributed by atoms with Crippen LogP contribution in [0.1, 0.15) is 5.82 Å². The molecule has 0 saturated carbocycles. The molecule has 0 unspecified atom stereocenters. The molecule has 0 spiro atoms. The molecule has 7 heteroatoms. The lowest BCUT2D eigenvalue weighted by atomic mass is 10.1. The van der Waals surface area contributed by atoms with E-state index in [0.717, 1.165) is 29.0 Å². The number of aromatic nitrogens is 2. The fraction of sp³-hybridized carbons (Fsp3) is 0.316. The molecule has 2 aromatic heterocycles. The van der Waals surface area contributed by atoms with Crippen LogP contribution in [0.3, 0.4) is 0 Å². The second-order valence-corrected chi connectivity index (χ2v) is 7.02. The van der Waals surface area contributed by atoms with E-state index in [2.05, 4.69) is 11.0 Å². The summed E-state index contributed by atoms with van der Waals surface area (Å²) >= 11 is 1.48. The number of nitrogens with zero attached hydrogens (tertiary/aromatic N) is 4. The van der Waals surface area contributed by atoms with Gasteiger partial charge in [0, 0.05) is 24.0 Å². The Hall–Kier alpha value is -2.53. The number of fused-ring (bicyclic) bond motifs is 1. The highest BCUT2D eigenvalue weighted by atomic mass is 32.1. The summed E-state index contributed by atoms with van der Waals surface area (Å²) in [6.07, 6.45) is 0. The number of rotatable bonds is 4. The Kier molecular flexibility index (Phi) is 4.80.